The number of hydrogen-bond donors (Lipinski definition) is 0. The van der Waals surface area contributed by atoms with E-state index >= 15 is 0 Å². The second-order valence-corrected chi connectivity index (χ2v) is 6.53. The smallest absolute Gasteiger partial charge is 0.323 e. The molecule has 1 fully saturated rings. The Morgan fingerprint density at radius 3 is 2.40 bits per heavy atom. The highest BCUT2D eigenvalue weighted by Gasteiger charge is 2.56. The number of Topliss-reactive ketones (excluding diaryl/α,β-unsaturated/α-hetero) is 1. The molecular formula is C20H22O5. The summed E-state index contributed by atoms with van der Waals surface area (Å²) in [5.74, 6) is -1.21. The zero-order valence-electron chi connectivity index (χ0n) is 14.5. The first kappa shape index (κ1) is 17.4. The minimum Gasteiger partial charge on any atom is -0.465 e. The Morgan fingerprint density at radius 2 is 1.76 bits per heavy atom. The van der Waals surface area contributed by atoms with E-state index in [1.807, 2.05) is 30.3 Å². The molecule has 1 saturated carbocycles. The molecule has 2 aliphatic carbocycles. The maximum absolute atomic E-state index is 12.6. The molecule has 3 rings (SSSR count). The van der Waals surface area contributed by atoms with Gasteiger partial charge in [0.05, 0.1) is 13.2 Å². The third-order valence-electron chi connectivity index (χ3n) is 4.99. The van der Waals surface area contributed by atoms with E-state index in [9.17, 15) is 14.4 Å². The maximum atomic E-state index is 12.6. The van der Waals surface area contributed by atoms with Crippen molar-refractivity contribution < 1.29 is 23.9 Å². The van der Waals surface area contributed by atoms with Gasteiger partial charge in [-0.25, -0.2) is 0 Å². The molecule has 0 N–H and O–H groups in total. The number of carbonyl (C=O) groups excluding carboxylic acids is 3. The van der Waals surface area contributed by atoms with Crippen molar-refractivity contribution >= 4 is 23.8 Å². The predicted molar refractivity (Wildman–Crippen MR) is 91.8 cm³/mol. The van der Waals surface area contributed by atoms with Gasteiger partial charge >= 0.3 is 11.9 Å². The zero-order valence-corrected chi connectivity index (χ0v) is 14.5. The number of fused-ring (bicyclic) bond motifs is 2. The molecule has 5 nitrogen and oxygen atoms in total. The van der Waals surface area contributed by atoms with E-state index in [-0.39, 0.29) is 37.8 Å². The molecule has 2 aliphatic rings. The molecule has 0 amide bonds. The number of allylic oxidation sites excluding steroid dienone is 1. The number of ether oxygens (including phenoxy) is 2. The number of carbonyl (C=O) groups is 3. The fourth-order valence-electron chi connectivity index (χ4n) is 3.83. The van der Waals surface area contributed by atoms with Crippen molar-refractivity contribution in [2.45, 2.75) is 33.1 Å². The van der Waals surface area contributed by atoms with E-state index in [4.69, 9.17) is 9.47 Å². The number of ketones is 1. The van der Waals surface area contributed by atoms with Gasteiger partial charge in [-0.1, -0.05) is 35.9 Å². The first-order chi connectivity index (χ1) is 12.0. The Bertz CT molecular complexity index is 728. The summed E-state index contributed by atoms with van der Waals surface area (Å²) >= 11 is 0. The first-order valence-corrected chi connectivity index (χ1v) is 8.69. The molecule has 0 aromatic heterocycles. The van der Waals surface area contributed by atoms with E-state index in [1.54, 1.807) is 13.8 Å². The van der Waals surface area contributed by atoms with Gasteiger partial charge in [0.15, 0.2) is 11.2 Å². The number of hydrogen-bond acceptors (Lipinski definition) is 5. The van der Waals surface area contributed by atoms with Crippen LogP contribution in [0.2, 0.25) is 0 Å². The summed E-state index contributed by atoms with van der Waals surface area (Å²) in [6.07, 6.45) is 2.75. The molecule has 0 bridgehead atoms. The van der Waals surface area contributed by atoms with Crippen molar-refractivity contribution in [2.75, 3.05) is 13.2 Å². The molecule has 0 heterocycles. The Balaban J connectivity index is 2.01. The number of benzene rings is 1. The van der Waals surface area contributed by atoms with E-state index in [0.29, 0.717) is 12.0 Å². The number of rotatable bonds is 4. The highest BCUT2D eigenvalue weighted by molar-refractivity contribution is 6.04. The second kappa shape index (κ2) is 6.82. The van der Waals surface area contributed by atoms with Crippen molar-refractivity contribution in [1.29, 1.82) is 0 Å². The molecule has 1 atom stereocenters. The highest BCUT2D eigenvalue weighted by Crippen LogP contribution is 2.50. The lowest BCUT2D eigenvalue weighted by Crippen LogP contribution is -2.40. The lowest BCUT2D eigenvalue weighted by atomic mass is 9.84. The third kappa shape index (κ3) is 2.99. The first-order valence-electron chi connectivity index (χ1n) is 8.69. The lowest BCUT2D eigenvalue weighted by molar-refractivity contribution is -0.171. The van der Waals surface area contributed by atoms with Gasteiger partial charge in [-0.05, 0) is 38.2 Å². The third-order valence-corrected chi connectivity index (χ3v) is 4.99. The van der Waals surface area contributed by atoms with Crippen LogP contribution in [-0.2, 0) is 19.1 Å². The van der Waals surface area contributed by atoms with Crippen LogP contribution in [0, 0.1) is 11.3 Å². The van der Waals surface area contributed by atoms with Crippen molar-refractivity contribution in [3.05, 3.63) is 41.0 Å². The van der Waals surface area contributed by atoms with Crippen LogP contribution in [0.5, 0.6) is 0 Å². The summed E-state index contributed by atoms with van der Waals surface area (Å²) in [5.41, 5.74) is 1.14. The molecule has 1 unspecified atom stereocenters. The average molecular weight is 342 g/mol. The summed E-state index contributed by atoms with van der Waals surface area (Å²) < 4.78 is 10.4. The summed E-state index contributed by atoms with van der Waals surface area (Å²) in [4.78, 5) is 37.8. The predicted octanol–water partition coefficient (Wildman–Crippen LogP) is 3.18. The molecule has 1 aromatic carbocycles. The monoisotopic (exact) mass is 342 g/mol. The quantitative estimate of drug-likeness (QED) is 0.621. The summed E-state index contributed by atoms with van der Waals surface area (Å²) in [7, 11) is 0. The van der Waals surface area contributed by atoms with Crippen LogP contribution in [-0.4, -0.2) is 30.9 Å². The minimum atomic E-state index is -1.34. The Morgan fingerprint density at radius 1 is 1.12 bits per heavy atom. The molecule has 0 spiro atoms. The van der Waals surface area contributed by atoms with Gasteiger partial charge in [0, 0.05) is 12.0 Å². The van der Waals surface area contributed by atoms with E-state index < -0.39 is 17.4 Å². The molecular weight excluding hydrogens is 320 g/mol. The Kier molecular flexibility index (Phi) is 4.75. The lowest BCUT2D eigenvalue weighted by Gasteiger charge is -2.24. The highest BCUT2D eigenvalue weighted by atomic mass is 16.6. The van der Waals surface area contributed by atoms with E-state index in [2.05, 4.69) is 0 Å². The molecule has 5 heteroatoms. The topological polar surface area (TPSA) is 69.7 Å². The van der Waals surface area contributed by atoms with Crippen LogP contribution in [0.25, 0.3) is 6.08 Å². The standard InChI is InChI=1S/C20H22O5/c1-3-24-18(22)20(19(23)25-4-2)11-14-9-13-7-5-6-8-16(13)17(21)10-15(14)12-20/h5-9,15H,3-4,10-12H2,1-2H3. The second-order valence-electron chi connectivity index (χ2n) is 6.53. The molecule has 0 saturated heterocycles. The Labute approximate surface area is 147 Å². The van der Waals surface area contributed by atoms with Gasteiger partial charge in [0.1, 0.15) is 0 Å². The van der Waals surface area contributed by atoms with Crippen molar-refractivity contribution in [3.63, 3.8) is 0 Å². The fourth-order valence-corrected chi connectivity index (χ4v) is 3.83. The maximum Gasteiger partial charge on any atom is 0.323 e. The van der Waals surface area contributed by atoms with Crippen molar-refractivity contribution in [2.24, 2.45) is 11.3 Å². The normalized spacial score (nSPS) is 20.8. The van der Waals surface area contributed by atoms with Gasteiger partial charge in [0.25, 0.3) is 0 Å². The van der Waals surface area contributed by atoms with Gasteiger partial charge in [-0.2, -0.15) is 0 Å². The molecule has 1 aromatic rings. The fraction of sp³-hybridized carbons (Fsp3) is 0.450. The van der Waals surface area contributed by atoms with E-state index in [0.717, 1.165) is 11.1 Å². The van der Waals surface area contributed by atoms with Gasteiger partial charge in [0.2, 0.25) is 0 Å². The van der Waals surface area contributed by atoms with Crippen molar-refractivity contribution in [3.8, 4) is 0 Å². The number of esters is 2. The van der Waals surface area contributed by atoms with Gasteiger partial charge in [-0.15, -0.1) is 0 Å². The van der Waals surface area contributed by atoms with Crippen LogP contribution in [0.1, 0.15) is 49.0 Å². The Hall–Kier alpha value is -2.43. The molecule has 0 aliphatic heterocycles. The van der Waals surface area contributed by atoms with Crippen molar-refractivity contribution in [1.82, 2.24) is 0 Å². The van der Waals surface area contributed by atoms with Crippen LogP contribution in [0.4, 0.5) is 0 Å². The van der Waals surface area contributed by atoms with Crippen LogP contribution < -0.4 is 0 Å². The molecule has 25 heavy (non-hydrogen) atoms. The summed E-state index contributed by atoms with van der Waals surface area (Å²) in [6, 6.07) is 7.43. The van der Waals surface area contributed by atoms with Crippen LogP contribution in [0.15, 0.2) is 29.8 Å². The zero-order chi connectivity index (χ0) is 18.0. The molecule has 132 valence electrons. The van der Waals surface area contributed by atoms with Crippen LogP contribution >= 0.6 is 0 Å². The average Bonchev–Trinajstić information content (AvgIpc) is 2.89. The summed E-state index contributed by atoms with van der Waals surface area (Å²) in [5, 5.41) is 0. The van der Waals surface area contributed by atoms with Gasteiger partial charge < -0.3 is 9.47 Å². The molecule has 0 radical (unpaired) electrons. The SMILES string of the molecule is CCOC(=O)C1(C(=O)OCC)CC2=Cc3ccccc3C(=O)CC2C1. The largest absolute Gasteiger partial charge is 0.465 e. The summed E-state index contributed by atoms with van der Waals surface area (Å²) in [6.45, 7) is 3.82. The van der Waals surface area contributed by atoms with E-state index in [1.165, 1.54) is 0 Å². The minimum absolute atomic E-state index is 0.0374. The van der Waals surface area contributed by atoms with Crippen LogP contribution in [0.3, 0.4) is 0 Å². The van der Waals surface area contributed by atoms with Gasteiger partial charge in [-0.3, -0.25) is 14.4 Å².